The number of hydrogen-bond acceptors (Lipinski definition) is 4. The molecule has 0 bridgehead atoms. The van der Waals surface area contributed by atoms with Crippen molar-refractivity contribution in [2.24, 2.45) is 5.92 Å². The summed E-state index contributed by atoms with van der Waals surface area (Å²) in [6.45, 7) is 4.40. The smallest absolute Gasteiger partial charge is 0.336 e. The van der Waals surface area contributed by atoms with Crippen molar-refractivity contribution in [3.05, 3.63) is 70.5 Å². The molecular weight excluding hydrogens is 473 g/mol. The molecule has 4 aromatic rings. The number of aromatic nitrogens is 2. The van der Waals surface area contributed by atoms with E-state index >= 15 is 0 Å². The average molecular weight is 496 g/mol. The SMILES string of the molecule is COc1cc2[nH]c(-c3cccc(Cl)c3-c3ccc(C(=O)NCC(C)C)cc3C(=O)O)nc2cc1F. The number of fused-ring (bicyclic) bond motifs is 1. The van der Waals surface area contributed by atoms with Crippen molar-refractivity contribution in [1.82, 2.24) is 15.3 Å². The van der Waals surface area contributed by atoms with Crippen molar-refractivity contribution in [1.29, 1.82) is 0 Å². The van der Waals surface area contributed by atoms with Gasteiger partial charge in [0.1, 0.15) is 5.82 Å². The highest BCUT2D eigenvalue weighted by Crippen LogP contribution is 2.39. The van der Waals surface area contributed by atoms with E-state index in [4.69, 9.17) is 16.3 Å². The highest BCUT2D eigenvalue weighted by Gasteiger charge is 2.22. The predicted octanol–water partition coefficient (Wildman–Crippen LogP) is 5.78. The molecule has 4 rings (SSSR count). The molecule has 1 amide bonds. The number of aromatic amines is 1. The van der Waals surface area contributed by atoms with Gasteiger partial charge in [0.15, 0.2) is 11.6 Å². The fourth-order valence-electron chi connectivity index (χ4n) is 3.77. The monoisotopic (exact) mass is 495 g/mol. The van der Waals surface area contributed by atoms with Crippen molar-refractivity contribution in [2.75, 3.05) is 13.7 Å². The molecule has 0 spiro atoms. The zero-order chi connectivity index (χ0) is 25.3. The van der Waals surface area contributed by atoms with Crippen LogP contribution in [0.15, 0.2) is 48.5 Å². The molecule has 180 valence electrons. The molecule has 0 aliphatic heterocycles. The molecule has 0 unspecified atom stereocenters. The third-order valence-corrected chi connectivity index (χ3v) is 5.79. The zero-order valence-corrected chi connectivity index (χ0v) is 20.0. The number of carbonyl (C=O) groups is 2. The quantitative estimate of drug-likeness (QED) is 0.301. The summed E-state index contributed by atoms with van der Waals surface area (Å²) in [5.74, 6) is -1.43. The second-order valence-electron chi connectivity index (χ2n) is 8.42. The minimum atomic E-state index is -1.21. The van der Waals surface area contributed by atoms with Crippen LogP contribution in [0.1, 0.15) is 34.6 Å². The van der Waals surface area contributed by atoms with Gasteiger partial charge in [-0.05, 0) is 29.7 Å². The minimum Gasteiger partial charge on any atom is -0.494 e. The number of ether oxygens (including phenoxy) is 1. The number of hydrogen-bond donors (Lipinski definition) is 3. The Morgan fingerprint density at radius 2 is 1.94 bits per heavy atom. The van der Waals surface area contributed by atoms with Gasteiger partial charge in [-0.3, -0.25) is 4.79 Å². The van der Waals surface area contributed by atoms with Crippen molar-refractivity contribution in [3.8, 4) is 28.3 Å². The van der Waals surface area contributed by atoms with Crippen LogP contribution in [0.25, 0.3) is 33.5 Å². The highest BCUT2D eigenvalue weighted by molar-refractivity contribution is 6.34. The summed E-state index contributed by atoms with van der Waals surface area (Å²) < 4.78 is 19.2. The van der Waals surface area contributed by atoms with Crippen LogP contribution in [0, 0.1) is 11.7 Å². The Bertz CT molecular complexity index is 1450. The molecule has 1 aromatic heterocycles. The van der Waals surface area contributed by atoms with Crippen LogP contribution < -0.4 is 10.1 Å². The van der Waals surface area contributed by atoms with Crippen LogP contribution in [-0.4, -0.2) is 40.6 Å². The molecule has 0 aliphatic carbocycles. The number of methoxy groups -OCH3 is 1. The Balaban J connectivity index is 1.85. The molecule has 0 fully saturated rings. The first-order valence-corrected chi connectivity index (χ1v) is 11.3. The molecule has 0 aliphatic rings. The number of carboxylic acid groups (broad SMARTS) is 1. The number of carboxylic acids is 1. The first-order valence-electron chi connectivity index (χ1n) is 10.9. The second-order valence-corrected chi connectivity index (χ2v) is 8.83. The summed E-state index contributed by atoms with van der Waals surface area (Å²) in [7, 11) is 1.37. The van der Waals surface area contributed by atoms with E-state index in [0.29, 0.717) is 45.1 Å². The number of benzene rings is 3. The molecule has 3 aromatic carbocycles. The van der Waals surface area contributed by atoms with Crippen LogP contribution in [0.3, 0.4) is 0 Å². The number of halogens is 2. The van der Waals surface area contributed by atoms with Gasteiger partial charge in [0.25, 0.3) is 5.91 Å². The minimum absolute atomic E-state index is 0.0681. The Hall–Kier alpha value is -3.91. The lowest BCUT2D eigenvalue weighted by Crippen LogP contribution is -2.27. The molecule has 0 atom stereocenters. The van der Waals surface area contributed by atoms with E-state index < -0.39 is 11.8 Å². The number of carbonyl (C=O) groups excluding carboxylic acids is 1. The maximum atomic E-state index is 14.2. The van der Waals surface area contributed by atoms with Crippen molar-refractivity contribution in [3.63, 3.8) is 0 Å². The lowest BCUT2D eigenvalue weighted by atomic mass is 9.93. The van der Waals surface area contributed by atoms with Gasteiger partial charge in [0.05, 0.1) is 23.7 Å². The molecule has 35 heavy (non-hydrogen) atoms. The van der Waals surface area contributed by atoms with Crippen LogP contribution in [0.2, 0.25) is 5.02 Å². The Kier molecular flexibility index (Phi) is 6.75. The van der Waals surface area contributed by atoms with E-state index in [1.54, 1.807) is 30.3 Å². The summed E-state index contributed by atoms with van der Waals surface area (Å²) in [4.78, 5) is 32.3. The molecule has 1 heterocycles. The third-order valence-electron chi connectivity index (χ3n) is 5.48. The van der Waals surface area contributed by atoms with Gasteiger partial charge >= 0.3 is 5.97 Å². The summed E-state index contributed by atoms with van der Waals surface area (Å²) in [6.07, 6.45) is 0. The maximum Gasteiger partial charge on any atom is 0.336 e. The van der Waals surface area contributed by atoms with Crippen LogP contribution in [0.5, 0.6) is 5.75 Å². The molecule has 0 saturated heterocycles. The van der Waals surface area contributed by atoms with Gasteiger partial charge in [0.2, 0.25) is 0 Å². The van der Waals surface area contributed by atoms with Gasteiger partial charge in [-0.1, -0.05) is 43.6 Å². The van der Waals surface area contributed by atoms with E-state index in [2.05, 4.69) is 15.3 Å². The number of amides is 1. The van der Waals surface area contributed by atoms with E-state index in [0.717, 1.165) is 0 Å². The van der Waals surface area contributed by atoms with Crippen molar-refractivity contribution in [2.45, 2.75) is 13.8 Å². The van der Waals surface area contributed by atoms with Crippen LogP contribution in [0.4, 0.5) is 4.39 Å². The third kappa shape index (κ3) is 4.83. The fourth-order valence-corrected chi connectivity index (χ4v) is 4.05. The van der Waals surface area contributed by atoms with Gasteiger partial charge in [-0.2, -0.15) is 0 Å². The largest absolute Gasteiger partial charge is 0.494 e. The van der Waals surface area contributed by atoms with Gasteiger partial charge < -0.3 is 20.1 Å². The first kappa shape index (κ1) is 24.2. The summed E-state index contributed by atoms with van der Waals surface area (Å²) in [6, 6.07) is 12.3. The van der Waals surface area contributed by atoms with E-state index in [-0.39, 0.29) is 28.7 Å². The van der Waals surface area contributed by atoms with Crippen molar-refractivity contribution >= 4 is 34.5 Å². The number of nitrogens with zero attached hydrogens (tertiary/aromatic N) is 1. The highest BCUT2D eigenvalue weighted by atomic mass is 35.5. The number of rotatable bonds is 7. The summed E-state index contributed by atoms with van der Waals surface area (Å²) in [5.41, 5.74) is 2.33. The fraction of sp³-hybridized carbons (Fsp3) is 0.192. The molecular formula is C26H23ClFN3O4. The van der Waals surface area contributed by atoms with E-state index in [9.17, 15) is 19.1 Å². The average Bonchev–Trinajstić information content (AvgIpc) is 3.24. The topological polar surface area (TPSA) is 104 Å². The van der Waals surface area contributed by atoms with Crippen LogP contribution >= 0.6 is 11.6 Å². The summed E-state index contributed by atoms with van der Waals surface area (Å²) >= 11 is 6.56. The Morgan fingerprint density at radius 1 is 1.17 bits per heavy atom. The molecule has 0 saturated carbocycles. The number of aromatic carboxylic acids is 1. The van der Waals surface area contributed by atoms with Crippen molar-refractivity contribution < 1.29 is 23.8 Å². The van der Waals surface area contributed by atoms with E-state index in [1.165, 1.54) is 25.3 Å². The normalized spacial score (nSPS) is 11.1. The number of H-pyrrole nitrogens is 1. The zero-order valence-electron chi connectivity index (χ0n) is 19.3. The predicted molar refractivity (Wildman–Crippen MR) is 133 cm³/mol. The van der Waals surface area contributed by atoms with Crippen LogP contribution in [-0.2, 0) is 0 Å². The Morgan fingerprint density at radius 3 is 2.63 bits per heavy atom. The number of imidazole rings is 1. The second kappa shape index (κ2) is 9.76. The molecule has 3 N–H and O–H groups in total. The molecule has 9 heteroatoms. The van der Waals surface area contributed by atoms with Gasteiger partial charge in [-0.15, -0.1) is 0 Å². The number of nitrogens with one attached hydrogen (secondary N) is 2. The Labute approximate surface area is 205 Å². The van der Waals surface area contributed by atoms with Gasteiger partial charge in [0, 0.05) is 40.4 Å². The first-order chi connectivity index (χ1) is 16.7. The molecule has 0 radical (unpaired) electrons. The lowest BCUT2D eigenvalue weighted by Gasteiger charge is -2.14. The van der Waals surface area contributed by atoms with E-state index in [1.807, 2.05) is 13.8 Å². The lowest BCUT2D eigenvalue weighted by molar-refractivity contribution is 0.0697. The maximum absolute atomic E-state index is 14.2. The standard InChI is InChI=1S/C26H23ClFN3O4/c1-13(2)12-29-25(32)14-7-8-15(17(9-14)26(33)34)23-16(5-4-6-18(23)27)24-30-20-10-19(28)22(35-3)11-21(20)31-24/h4-11,13H,12H2,1-3H3,(H,29,32)(H,30,31)(H,33,34). The summed E-state index contributed by atoms with van der Waals surface area (Å²) in [5, 5.41) is 13.0. The van der Waals surface area contributed by atoms with Gasteiger partial charge in [-0.25, -0.2) is 14.2 Å². The molecule has 7 nitrogen and oxygen atoms in total.